The number of rotatable bonds is 7. The molecular weight excluding hydrogens is 496 g/mol. The van der Waals surface area contributed by atoms with Gasteiger partial charge in [-0.3, -0.25) is 0 Å². The van der Waals surface area contributed by atoms with Crippen LogP contribution in [-0.2, 0) is 13.2 Å². The minimum atomic E-state index is -0.256. The van der Waals surface area contributed by atoms with Gasteiger partial charge >= 0.3 is 0 Å². The topological polar surface area (TPSA) is 65.9 Å². The van der Waals surface area contributed by atoms with E-state index >= 15 is 0 Å². The van der Waals surface area contributed by atoms with Crippen molar-refractivity contribution in [3.63, 3.8) is 0 Å². The molecule has 5 nitrogen and oxygen atoms in total. The molecule has 1 saturated carbocycles. The van der Waals surface area contributed by atoms with Crippen LogP contribution in [0.25, 0.3) is 0 Å². The Morgan fingerprint density at radius 1 is 1.10 bits per heavy atom. The van der Waals surface area contributed by atoms with Crippen LogP contribution in [0, 0.1) is 5.82 Å². The lowest BCUT2D eigenvalue weighted by Crippen LogP contribution is -2.45. The lowest BCUT2D eigenvalue weighted by atomic mass is 9.93. The summed E-state index contributed by atoms with van der Waals surface area (Å²) < 4.78 is 19.0. The fourth-order valence-electron chi connectivity index (χ4n) is 3.39. The van der Waals surface area contributed by atoms with Crippen molar-refractivity contribution >= 4 is 29.9 Å². The zero-order valence-electron chi connectivity index (χ0n) is 17.3. The molecule has 0 spiro atoms. The van der Waals surface area contributed by atoms with Gasteiger partial charge in [-0.1, -0.05) is 24.3 Å². The quantitative estimate of drug-likeness (QED) is 0.284. The summed E-state index contributed by atoms with van der Waals surface area (Å²) in [6, 6.07) is 14.6. The molecule has 0 aromatic heterocycles. The number of aliphatic imine (C=N–C) groups is 1. The first kappa shape index (κ1) is 24.4. The van der Waals surface area contributed by atoms with Gasteiger partial charge in [0.1, 0.15) is 18.2 Å². The molecule has 0 saturated heterocycles. The molecule has 0 amide bonds. The maximum absolute atomic E-state index is 13.2. The fraction of sp³-hybridized carbons (Fsp3) is 0.435. The van der Waals surface area contributed by atoms with E-state index in [1.807, 2.05) is 37.3 Å². The molecule has 3 N–H and O–H groups in total. The van der Waals surface area contributed by atoms with Crippen molar-refractivity contribution in [3.05, 3.63) is 65.5 Å². The highest BCUT2D eigenvalue weighted by Gasteiger charge is 2.19. The van der Waals surface area contributed by atoms with Crippen LogP contribution < -0.4 is 15.4 Å². The Balaban J connectivity index is 0.00000320. The van der Waals surface area contributed by atoms with Gasteiger partial charge in [0.25, 0.3) is 0 Å². The van der Waals surface area contributed by atoms with Gasteiger partial charge in [0.05, 0.1) is 12.6 Å². The van der Waals surface area contributed by atoms with Gasteiger partial charge in [0, 0.05) is 12.6 Å². The molecule has 0 heterocycles. The average molecular weight is 527 g/mol. The zero-order chi connectivity index (χ0) is 20.5. The molecule has 30 heavy (non-hydrogen) atoms. The second kappa shape index (κ2) is 12.7. The van der Waals surface area contributed by atoms with Crippen molar-refractivity contribution in [2.24, 2.45) is 4.99 Å². The molecule has 0 radical (unpaired) electrons. The molecule has 2 aromatic carbocycles. The first-order chi connectivity index (χ1) is 14.1. The van der Waals surface area contributed by atoms with Crippen molar-refractivity contribution in [1.29, 1.82) is 0 Å². The number of nitrogens with zero attached hydrogens (tertiary/aromatic N) is 1. The van der Waals surface area contributed by atoms with Crippen molar-refractivity contribution in [2.45, 2.75) is 57.9 Å². The van der Waals surface area contributed by atoms with Gasteiger partial charge in [0.2, 0.25) is 0 Å². The molecule has 1 fully saturated rings. The Morgan fingerprint density at radius 3 is 2.50 bits per heavy atom. The summed E-state index contributed by atoms with van der Waals surface area (Å²) >= 11 is 0. The van der Waals surface area contributed by atoms with Crippen LogP contribution in [0.15, 0.2) is 53.5 Å². The van der Waals surface area contributed by atoms with Crippen molar-refractivity contribution in [2.75, 3.05) is 6.54 Å². The molecule has 164 valence electrons. The van der Waals surface area contributed by atoms with Gasteiger partial charge in [0.15, 0.2) is 5.96 Å². The molecule has 1 aliphatic carbocycles. The van der Waals surface area contributed by atoms with E-state index in [4.69, 9.17) is 4.74 Å². The minimum absolute atomic E-state index is 0. The Bertz CT molecular complexity index is 793. The summed E-state index contributed by atoms with van der Waals surface area (Å²) in [5.74, 6) is 1.29. The van der Waals surface area contributed by atoms with Crippen LogP contribution >= 0.6 is 24.0 Å². The zero-order valence-corrected chi connectivity index (χ0v) is 19.6. The van der Waals surface area contributed by atoms with Crippen LogP contribution in [-0.4, -0.2) is 29.8 Å². The predicted octanol–water partition coefficient (Wildman–Crippen LogP) is 4.38. The average Bonchev–Trinajstić information content (AvgIpc) is 2.73. The highest BCUT2D eigenvalue weighted by Crippen LogP contribution is 2.18. The predicted molar refractivity (Wildman–Crippen MR) is 129 cm³/mol. The van der Waals surface area contributed by atoms with Crippen LogP contribution in [0.2, 0.25) is 0 Å². The van der Waals surface area contributed by atoms with E-state index in [1.165, 1.54) is 12.1 Å². The number of guanidine groups is 1. The fourth-order valence-corrected chi connectivity index (χ4v) is 3.39. The van der Waals surface area contributed by atoms with Gasteiger partial charge in [-0.05, 0) is 68.0 Å². The Morgan fingerprint density at radius 2 is 1.83 bits per heavy atom. The lowest BCUT2D eigenvalue weighted by molar-refractivity contribution is 0.120. The highest BCUT2D eigenvalue weighted by molar-refractivity contribution is 14.0. The number of aliphatic hydroxyl groups is 1. The van der Waals surface area contributed by atoms with Gasteiger partial charge in [-0.2, -0.15) is 0 Å². The van der Waals surface area contributed by atoms with Gasteiger partial charge in [-0.25, -0.2) is 9.38 Å². The summed E-state index contributed by atoms with van der Waals surface area (Å²) in [6.07, 6.45) is 3.45. The molecule has 1 aliphatic rings. The third-order valence-corrected chi connectivity index (χ3v) is 5.02. The number of nitrogens with one attached hydrogen (secondary N) is 2. The molecule has 0 bridgehead atoms. The Labute approximate surface area is 195 Å². The van der Waals surface area contributed by atoms with E-state index < -0.39 is 0 Å². The number of hydrogen-bond donors (Lipinski definition) is 3. The minimum Gasteiger partial charge on any atom is -0.489 e. The summed E-state index contributed by atoms with van der Waals surface area (Å²) in [7, 11) is 0. The Kier molecular flexibility index (Phi) is 10.4. The van der Waals surface area contributed by atoms with E-state index in [0.717, 1.165) is 55.1 Å². The molecule has 0 aliphatic heterocycles. The largest absolute Gasteiger partial charge is 0.489 e. The highest BCUT2D eigenvalue weighted by atomic mass is 127. The summed E-state index contributed by atoms with van der Waals surface area (Å²) in [6.45, 7) is 3.75. The number of halogens is 2. The van der Waals surface area contributed by atoms with Crippen LogP contribution in [0.4, 0.5) is 4.39 Å². The summed E-state index contributed by atoms with van der Waals surface area (Å²) in [4.78, 5) is 4.68. The number of hydrogen-bond acceptors (Lipinski definition) is 3. The Hall–Kier alpha value is -1.87. The van der Waals surface area contributed by atoms with Crippen LogP contribution in [0.5, 0.6) is 5.75 Å². The molecule has 0 atom stereocenters. The number of benzene rings is 2. The standard InChI is InChI=1S/C23H30FN3O2.HI/c1-2-25-23(27-20-8-10-21(28)11-9-20)26-15-17-6-12-22(13-7-17)29-16-18-4-3-5-19(24)14-18;/h3-7,12-14,20-21,28H,2,8-11,15-16H2,1H3,(H2,25,26,27);1H. The lowest BCUT2D eigenvalue weighted by Gasteiger charge is -2.27. The maximum Gasteiger partial charge on any atom is 0.191 e. The molecule has 3 rings (SSSR count). The van der Waals surface area contributed by atoms with Crippen molar-refractivity contribution in [3.8, 4) is 5.75 Å². The second-order valence-corrected chi connectivity index (χ2v) is 7.41. The summed E-state index contributed by atoms with van der Waals surface area (Å²) in [5.41, 5.74) is 1.88. The van der Waals surface area contributed by atoms with Crippen molar-refractivity contribution in [1.82, 2.24) is 10.6 Å². The maximum atomic E-state index is 13.2. The van der Waals surface area contributed by atoms with Crippen LogP contribution in [0.1, 0.15) is 43.7 Å². The third kappa shape index (κ3) is 8.10. The number of ether oxygens (including phenoxy) is 1. The molecule has 2 aromatic rings. The normalized spacial score (nSPS) is 19.0. The monoisotopic (exact) mass is 527 g/mol. The molecule has 0 unspecified atom stereocenters. The first-order valence-corrected chi connectivity index (χ1v) is 10.3. The van der Waals surface area contributed by atoms with Crippen LogP contribution in [0.3, 0.4) is 0 Å². The van der Waals surface area contributed by atoms with E-state index in [0.29, 0.717) is 19.2 Å². The van der Waals surface area contributed by atoms with E-state index in [-0.39, 0.29) is 35.9 Å². The van der Waals surface area contributed by atoms with E-state index in [1.54, 1.807) is 6.07 Å². The molecular formula is C23H31FIN3O2. The first-order valence-electron chi connectivity index (χ1n) is 10.3. The van der Waals surface area contributed by atoms with Gasteiger partial charge < -0.3 is 20.5 Å². The van der Waals surface area contributed by atoms with Crippen molar-refractivity contribution < 1.29 is 14.2 Å². The van der Waals surface area contributed by atoms with E-state index in [9.17, 15) is 9.50 Å². The third-order valence-electron chi connectivity index (χ3n) is 5.02. The van der Waals surface area contributed by atoms with E-state index in [2.05, 4.69) is 15.6 Å². The van der Waals surface area contributed by atoms with Gasteiger partial charge in [-0.15, -0.1) is 24.0 Å². The number of aliphatic hydroxyl groups excluding tert-OH is 1. The second-order valence-electron chi connectivity index (χ2n) is 7.41. The smallest absolute Gasteiger partial charge is 0.191 e. The molecule has 7 heteroatoms. The SMILES string of the molecule is CCNC(=NCc1ccc(OCc2cccc(F)c2)cc1)NC1CCC(O)CC1.I. The summed E-state index contributed by atoms with van der Waals surface area (Å²) in [5, 5.41) is 16.4.